The Morgan fingerprint density at radius 3 is 1.96 bits per heavy atom. The number of carbonyl (C=O) groups is 1. The second-order valence-corrected chi connectivity index (χ2v) is 6.49. The van der Waals surface area contributed by atoms with Crippen LogP contribution in [0.4, 0.5) is 24.5 Å². The number of nitrogens with one attached hydrogen (secondary N) is 2. The summed E-state index contributed by atoms with van der Waals surface area (Å²) in [6.07, 6.45) is -5.03. The molecule has 0 bridgehead atoms. The largest absolute Gasteiger partial charge is 0.497 e. The molecule has 2 rings (SSSR count). The lowest BCUT2D eigenvalue weighted by molar-refractivity contribution is -0.167. The summed E-state index contributed by atoms with van der Waals surface area (Å²) in [5, 5.41) is 1.63. The molecule has 2 N–H and O–H groups in total. The molecule has 0 fully saturated rings. The van der Waals surface area contributed by atoms with Crippen LogP contribution >= 0.6 is 0 Å². The van der Waals surface area contributed by atoms with Crippen LogP contribution < -0.4 is 14.8 Å². The monoisotopic (exact) mass is 374 g/mol. The van der Waals surface area contributed by atoms with E-state index >= 15 is 0 Å². The topological polar surface area (TPSA) is 84.5 Å². The van der Waals surface area contributed by atoms with Crippen molar-refractivity contribution in [2.24, 2.45) is 0 Å². The minimum atomic E-state index is -5.03. The Bertz CT molecular complexity index is 848. The number of amides is 1. The van der Waals surface area contributed by atoms with Gasteiger partial charge in [-0.15, -0.1) is 0 Å². The quantitative estimate of drug-likeness (QED) is 0.843. The number of hydrogen-bond acceptors (Lipinski definition) is 4. The Kier molecular flexibility index (Phi) is 5.21. The Labute approximate surface area is 141 Å². The first-order chi connectivity index (χ1) is 11.6. The van der Waals surface area contributed by atoms with Gasteiger partial charge in [0.15, 0.2) is 0 Å². The minimum Gasteiger partial charge on any atom is -0.497 e. The van der Waals surface area contributed by atoms with Crippen molar-refractivity contribution in [3.05, 3.63) is 48.5 Å². The van der Waals surface area contributed by atoms with Crippen LogP contribution in [0.25, 0.3) is 0 Å². The predicted molar refractivity (Wildman–Crippen MR) is 84.9 cm³/mol. The van der Waals surface area contributed by atoms with Crippen LogP contribution in [0, 0.1) is 0 Å². The second-order valence-electron chi connectivity index (χ2n) is 4.81. The fourth-order valence-corrected chi connectivity index (χ4v) is 2.85. The number of ether oxygens (including phenoxy) is 1. The summed E-state index contributed by atoms with van der Waals surface area (Å²) < 4.78 is 68.3. The molecule has 0 aliphatic heterocycles. The molecule has 6 nitrogen and oxygen atoms in total. The van der Waals surface area contributed by atoms with Crippen molar-refractivity contribution >= 4 is 27.3 Å². The fraction of sp³-hybridized carbons (Fsp3) is 0.133. The molecular weight excluding hydrogens is 361 g/mol. The van der Waals surface area contributed by atoms with E-state index in [1.165, 1.54) is 19.2 Å². The van der Waals surface area contributed by atoms with E-state index in [0.29, 0.717) is 5.75 Å². The van der Waals surface area contributed by atoms with Gasteiger partial charge < -0.3 is 10.1 Å². The summed E-state index contributed by atoms with van der Waals surface area (Å²) in [6, 6.07) is 10.4. The van der Waals surface area contributed by atoms with E-state index in [4.69, 9.17) is 4.74 Å². The molecule has 10 heteroatoms. The van der Waals surface area contributed by atoms with Gasteiger partial charge in [-0.3, -0.25) is 9.52 Å². The van der Waals surface area contributed by atoms with E-state index in [9.17, 15) is 26.4 Å². The van der Waals surface area contributed by atoms with Gasteiger partial charge >= 0.3 is 12.1 Å². The van der Waals surface area contributed by atoms with Gasteiger partial charge in [0, 0.05) is 11.4 Å². The lowest BCUT2D eigenvalue weighted by Crippen LogP contribution is -2.29. The fourth-order valence-electron chi connectivity index (χ4n) is 1.79. The minimum absolute atomic E-state index is 0.173. The van der Waals surface area contributed by atoms with E-state index in [0.717, 1.165) is 24.3 Å². The smallest absolute Gasteiger partial charge is 0.471 e. The average Bonchev–Trinajstić information content (AvgIpc) is 2.55. The zero-order valence-electron chi connectivity index (χ0n) is 12.8. The highest BCUT2D eigenvalue weighted by molar-refractivity contribution is 7.92. The van der Waals surface area contributed by atoms with Crippen molar-refractivity contribution in [2.75, 3.05) is 17.1 Å². The van der Waals surface area contributed by atoms with Gasteiger partial charge in [-0.1, -0.05) is 0 Å². The summed E-state index contributed by atoms with van der Waals surface area (Å²) in [7, 11) is -2.46. The zero-order valence-corrected chi connectivity index (χ0v) is 13.6. The Morgan fingerprint density at radius 2 is 1.48 bits per heavy atom. The lowest BCUT2D eigenvalue weighted by atomic mass is 10.3. The van der Waals surface area contributed by atoms with Crippen molar-refractivity contribution in [1.29, 1.82) is 0 Å². The Balaban J connectivity index is 2.12. The standard InChI is InChI=1S/C15H13F3N2O4S/c1-24-12-6-2-11(3-7-12)20-25(22,23)13-8-4-10(5-9-13)19-14(21)15(16,17)18/h2-9,20H,1H3,(H,19,21). The van der Waals surface area contributed by atoms with E-state index in [-0.39, 0.29) is 16.3 Å². The SMILES string of the molecule is COc1ccc(NS(=O)(=O)c2ccc(NC(=O)C(F)(F)F)cc2)cc1. The van der Waals surface area contributed by atoms with E-state index in [1.54, 1.807) is 17.4 Å². The molecule has 0 radical (unpaired) electrons. The van der Waals surface area contributed by atoms with Gasteiger partial charge in [-0.2, -0.15) is 13.2 Å². The third kappa shape index (κ3) is 4.86. The van der Waals surface area contributed by atoms with Gasteiger partial charge in [0.2, 0.25) is 0 Å². The lowest BCUT2D eigenvalue weighted by Gasteiger charge is -2.10. The van der Waals surface area contributed by atoms with Gasteiger partial charge in [0.25, 0.3) is 10.0 Å². The number of sulfonamides is 1. The molecule has 0 spiro atoms. The molecule has 0 saturated carbocycles. The molecule has 0 atom stereocenters. The average molecular weight is 374 g/mol. The predicted octanol–water partition coefficient (Wildman–Crippen LogP) is 3.00. The number of alkyl halides is 3. The van der Waals surface area contributed by atoms with Crippen LogP contribution in [0.1, 0.15) is 0 Å². The number of hydrogen-bond donors (Lipinski definition) is 2. The van der Waals surface area contributed by atoms with Crippen molar-refractivity contribution in [2.45, 2.75) is 11.1 Å². The molecule has 2 aromatic rings. The molecule has 0 aromatic heterocycles. The first-order valence-corrected chi connectivity index (χ1v) is 8.25. The highest BCUT2D eigenvalue weighted by atomic mass is 32.2. The highest BCUT2D eigenvalue weighted by Gasteiger charge is 2.38. The summed E-state index contributed by atoms with van der Waals surface area (Å²) in [5.74, 6) is -1.59. The Morgan fingerprint density at radius 1 is 0.960 bits per heavy atom. The zero-order chi connectivity index (χ0) is 18.7. The van der Waals surface area contributed by atoms with Crippen molar-refractivity contribution in [3.8, 4) is 5.75 Å². The summed E-state index contributed by atoms with van der Waals surface area (Å²) in [5.41, 5.74) is 0.112. The van der Waals surface area contributed by atoms with Gasteiger partial charge in [-0.05, 0) is 48.5 Å². The molecular formula is C15H13F3N2O4S. The number of halogens is 3. The molecule has 0 aliphatic rings. The number of benzene rings is 2. The molecule has 134 valence electrons. The molecule has 2 aromatic carbocycles. The first-order valence-electron chi connectivity index (χ1n) is 6.77. The van der Waals surface area contributed by atoms with E-state index in [2.05, 4.69) is 4.72 Å². The van der Waals surface area contributed by atoms with Crippen LogP contribution in [0.15, 0.2) is 53.4 Å². The van der Waals surface area contributed by atoms with Crippen LogP contribution in [0.5, 0.6) is 5.75 Å². The van der Waals surface area contributed by atoms with Crippen LogP contribution in [-0.4, -0.2) is 27.6 Å². The number of rotatable bonds is 5. The van der Waals surface area contributed by atoms with Crippen molar-refractivity contribution < 1.29 is 31.1 Å². The Hall–Kier alpha value is -2.75. The summed E-state index contributed by atoms with van der Waals surface area (Å²) >= 11 is 0. The van der Waals surface area contributed by atoms with Crippen LogP contribution in [0.2, 0.25) is 0 Å². The van der Waals surface area contributed by atoms with Gasteiger partial charge in [0.05, 0.1) is 12.0 Å². The third-order valence-corrected chi connectivity index (χ3v) is 4.42. The third-order valence-electron chi connectivity index (χ3n) is 3.02. The van der Waals surface area contributed by atoms with E-state index < -0.39 is 22.1 Å². The number of carbonyl (C=O) groups excluding carboxylic acids is 1. The summed E-state index contributed by atoms with van der Waals surface area (Å²) in [6.45, 7) is 0. The van der Waals surface area contributed by atoms with Crippen molar-refractivity contribution in [1.82, 2.24) is 0 Å². The summed E-state index contributed by atoms with van der Waals surface area (Å²) in [4.78, 5) is 10.7. The molecule has 0 heterocycles. The first kappa shape index (κ1) is 18.6. The molecule has 1 amide bonds. The molecule has 0 saturated heterocycles. The maximum atomic E-state index is 12.2. The number of methoxy groups -OCH3 is 1. The normalized spacial score (nSPS) is 11.7. The van der Waals surface area contributed by atoms with Crippen LogP contribution in [0.3, 0.4) is 0 Å². The second kappa shape index (κ2) is 7.01. The maximum absolute atomic E-state index is 12.2. The highest BCUT2D eigenvalue weighted by Crippen LogP contribution is 2.22. The van der Waals surface area contributed by atoms with Gasteiger partial charge in [-0.25, -0.2) is 8.42 Å². The maximum Gasteiger partial charge on any atom is 0.471 e. The molecule has 25 heavy (non-hydrogen) atoms. The number of anilines is 2. The van der Waals surface area contributed by atoms with Gasteiger partial charge in [0.1, 0.15) is 5.75 Å². The van der Waals surface area contributed by atoms with Crippen molar-refractivity contribution in [3.63, 3.8) is 0 Å². The van der Waals surface area contributed by atoms with Crippen LogP contribution in [-0.2, 0) is 14.8 Å². The molecule has 0 unspecified atom stereocenters. The molecule has 0 aliphatic carbocycles. The van der Waals surface area contributed by atoms with E-state index in [1.807, 2.05) is 0 Å².